The molecular formula is C14H26N2O3. The highest BCUT2D eigenvalue weighted by atomic mass is 16.4. The van der Waals surface area contributed by atoms with Gasteiger partial charge in [-0.1, -0.05) is 27.7 Å². The van der Waals surface area contributed by atoms with Crippen LogP contribution in [0.3, 0.4) is 0 Å². The number of hydrogen-bond acceptors (Lipinski definition) is 3. The van der Waals surface area contributed by atoms with Crippen LogP contribution in [0.5, 0.6) is 0 Å². The molecule has 1 aliphatic heterocycles. The summed E-state index contributed by atoms with van der Waals surface area (Å²) in [5.41, 5.74) is -0.567. The molecule has 19 heavy (non-hydrogen) atoms. The first-order chi connectivity index (χ1) is 8.55. The third kappa shape index (κ3) is 3.47. The molecule has 1 fully saturated rings. The molecule has 0 aliphatic carbocycles. The summed E-state index contributed by atoms with van der Waals surface area (Å²) in [6, 6.07) is 0.304. The van der Waals surface area contributed by atoms with Gasteiger partial charge in [-0.25, -0.2) is 0 Å². The maximum atomic E-state index is 12.5. The molecule has 3 atom stereocenters. The lowest BCUT2D eigenvalue weighted by molar-refractivity contribution is -0.155. The largest absolute Gasteiger partial charge is 0.481 e. The van der Waals surface area contributed by atoms with Gasteiger partial charge in [0.1, 0.15) is 5.92 Å². The Morgan fingerprint density at radius 1 is 1.26 bits per heavy atom. The highest BCUT2D eigenvalue weighted by Gasteiger charge is 2.43. The fourth-order valence-electron chi connectivity index (χ4n) is 2.83. The van der Waals surface area contributed by atoms with Crippen molar-refractivity contribution in [3.05, 3.63) is 0 Å². The van der Waals surface area contributed by atoms with Crippen LogP contribution in [0.1, 0.15) is 27.7 Å². The number of carbonyl (C=O) groups is 2. The minimum atomic E-state index is -1.03. The third-order valence-electron chi connectivity index (χ3n) is 3.91. The number of likely N-dealkylation sites (N-methyl/N-ethyl adjacent to an activating group) is 1. The van der Waals surface area contributed by atoms with E-state index in [1.807, 2.05) is 14.1 Å². The Morgan fingerprint density at radius 2 is 1.79 bits per heavy atom. The van der Waals surface area contributed by atoms with Crippen molar-refractivity contribution in [3.63, 3.8) is 0 Å². The van der Waals surface area contributed by atoms with Crippen molar-refractivity contribution in [2.45, 2.75) is 33.7 Å². The lowest BCUT2D eigenvalue weighted by atomic mass is 9.80. The fourth-order valence-corrected chi connectivity index (χ4v) is 2.83. The van der Waals surface area contributed by atoms with Crippen LogP contribution in [-0.4, -0.2) is 60.0 Å². The van der Waals surface area contributed by atoms with E-state index in [1.54, 1.807) is 25.7 Å². The van der Waals surface area contributed by atoms with E-state index in [-0.39, 0.29) is 5.91 Å². The summed E-state index contributed by atoms with van der Waals surface area (Å²) in [7, 11) is 3.99. The number of hydrogen-bond donors (Lipinski definition) is 1. The first-order valence-electron chi connectivity index (χ1n) is 6.73. The minimum Gasteiger partial charge on any atom is -0.481 e. The van der Waals surface area contributed by atoms with Gasteiger partial charge in [0.25, 0.3) is 0 Å². The number of carboxylic acids is 1. The number of likely N-dealkylation sites (tertiary alicyclic amines) is 1. The van der Waals surface area contributed by atoms with E-state index in [0.717, 1.165) is 0 Å². The van der Waals surface area contributed by atoms with Crippen molar-refractivity contribution in [2.75, 3.05) is 27.2 Å². The summed E-state index contributed by atoms with van der Waals surface area (Å²) >= 11 is 0. The predicted molar refractivity (Wildman–Crippen MR) is 73.8 cm³/mol. The lowest BCUT2D eigenvalue weighted by Crippen LogP contribution is -2.45. The summed E-state index contributed by atoms with van der Waals surface area (Å²) in [6.45, 7) is 8.76. The van der Waals surface area contributed by atoms with Gasteiger partial charge in [0.2, 0.25) is 5.91 Å². The van der Waals surface area contributed by atoms with E-state index in [9.17, 15) is 14.7 Å². The lowest BCUT2D eigenvalue weighted by Gasteiger charge is -2.30. The topological polar surface area (TPSA) is 60.9 Å². The molecule has 0 aromatic heterocycles. The van der Waals surface area contributed by atoms with Crippen LogP contribution in [0.25, 0.3) is 0 Å². The number of aliphatic carboxylic acids is 1. The SMILES string of the molecule is CC1CN(C(=O)C(C(=O)O)C(C)(C)C)CC1N(C)C. The summed E-state index contributed by atoms with van der Waals surface area (Å²) < 4.78 is 0. The van der Waals surface area contributed by atoms with Crippen LogP contribution in [0.15, 0.2) is 0 Å². The summed E-state index contributed by atoms with van der Waals surface area (Å²) in [5, 5.41) is 9.32. The van der Waals surface area contributed by atoms with Gasteiger partial charge in [-0.3, -0.25) is 9.59 Å². The van der Waals surface area contributed by atoms with Gasteiger partial charge in [-0.2, -0.15) is 0 Å². The second-order valence-electron chi connectivity index (χ2n) is 6.89. The van der Waals surface area contributed by atoms with Gasteiger partial charge in [-0.05, 0) is 25.4 Å². The summed E-state index contributed by atoms with van der Waals surface area (Å²) in [4.78, 5) is 27.7. The molecule has 1 rings (SSSR count). The highest BCUT2D eigenvalue weighted by molar-refractivity contribution is 5.97. The van der Waals surface area contributed by atoms with E-state index in [4.69, 9.17) is 0 Å². The quantitative estimate of drug-likeness (QED) is 0.781. The second kappa shape index (κ2) is 5.49. The molecule has 110 valence electrons. The Hall–Kier alpha value is -1.10. The number of amides is 1. The van der Waals surface area contributed by atoms with E-state index in [1.165, 1.54) is 0 Å². The first-order valence-corrected chi connectivity index (χ1v) is 6.73. The maximum absolute atomic E-state index is 12.5. The molecule has 1 N–H and O–H groups in total. The molecule has 1 saturated heterocycles. The molecule has 0 aromatic carbocycles. The van der Waals surface area contributed by atoms with Gasteiger partial charge in [0.15, 0.2) is 0 Å². The molecular weight excluding hydrogens is 244 g/mol. The number of carboxylic acid groups (broad SMARTS) is 1. The van der Waals surface area contributed by atoms with E-state index < -0.39 is 17.3 Å². The second-order valence-corrected chi connectivity index (χ2v) is 6.89. The van der Waals surface area contributed by atoms with Gasteiger partial charge in [-0.15, -0.1) is 0 Å². The van der Waals surface area contributed by atoms with Gasteiger partial charge >= 0.3 is 5.97 Å². The first kappa shape index (κ1) is 16.0. The number of nitrogens with zero attached hydrogens (tertiary/aromatic N) is 2. The Bertz CT molecular complexity index is 360. The Kier molecular flexibility index (Phi) is 4.61. The summed E-state index contributed by atoms with van der Waals surface area (Å²) in [6.07, 6.45) is 0. The van der Waals surface area contributed by atoms with Crippen molar-refractivity contribution in [1.82, 2.24) is 9.80 Å². The zero-order chi connectivity index (χ0) is 15.0. The van der Waals surface area contributed by atoms with E-state index in [0.29, 0.717) is 25.0 Å². The molecule has 3 unspecified atom stereocenters. The molecule has 1 aliphatic rings. The molecule has 0 radical (unpaired) electrons. The zero-order valence-electron chi connectivity index (χ0n) is 12.8. The molecule has 0 bridgehead atoms. The van der Waals surface area contributed by atoms with Crippen LogP contribution < -0.4 is 0 Å². The van der Waals surface area contributed by atoms with Crippen LogP contribution in [0.2, 0.25) is 0 Å². The fraction of sp³-hybridized carbons (Fsp3) is 0.857. The molecule has 0 aromatic rings. The minimum absolute atomic E-state index is 0.254. The molecule has 1 amide bonds. The predicted octanol–water partition coefficient (Wildman–Crippen LogP) is 1.14. The van der Waals surface area contributed by atoms with Crippen molar-refractivity contribution < 1.29 is 14.7 Å². The Morgan fingerprint density at radius 3 is 2.11 bits per heavy atom. The monoisotopic (exact) mass is 270 g/mol. The molecule has 0 spiro atoms. The average Bonchev–Trinajstić information content (AvgIpc) is 2.57. The number of rotatable bonds is 3. The Balaban J connectivity index is 2.86. The van der Waals surface area contributed by atoms with Crippen molar-refractivity contribution in [2.24, 2.45) is 17.3 Å². The van der Waals surface area contributed by atoms with Crippen LogP contribution >= 0.6 is 0 Å². The van der Waals surface area contributed by atoms with E-state index in [2.05, 4.69) is 11.8 Å². The standard InChI is InChI=1S/C14H26N2O3/c1-9-7-16(8-10(9)15(5)6)12(17)11(13(18)19)14(2,3)4/h9-11H,7-8H2,1-6H3,(H,18,19). The van der Waals surface area contributed by atoms with Gasteiger partial charge in [0.05, 0.1) is 0 Å². The van der Waals surface area contributed by atoms with Crippen molar-refractivity contribution >= 4 is 11.9 Å². The number of carbonyl (C=O) groups excluding carboxylic acids is 1. The Labute approximate surface area is 115 Å². The van der Waals surface area contributed by atoms with Gasteiger partial charge < -0.3 is 14.9 Å². The molecule has 5 nitrogen and oxygen atoms in total. The molecule has 0 saturated carbocycles. The normalized spacial score (nSPS) is 25.7. The van der Waals surface area contributed by atoms with Gasteiger partial charge in [0, 0.05) is 19.1 Å². The van der Waals surface area contributed by atoms with Crippen molar-refractivity contribution in [1.29, 1.82) is 0 Å². The summed E-state index contributed by atoms with van der Waals surface area (Å²) in [5.74, 6) is -1.89. The van der Waals surface area contributed by atoms with E-state index >= 15 is 0 Å². The zero-order valence-corrected chi connectivity index (χ0v) is 12.8. The molecule has 5 heteroatoms. The highest BCUT2D eigenvalue weighted by Crippen LogP contribution is 2.30. The van der Waals surface area contributed by atoms with Crippen molar-refractivity contribution in [3.8, 4) is 0 Å². The van der Waals surface area contributed by atoms with Crippen LogP contribution in [0, 0.1) is 17.3 Å². The van der Waals surface area contributed by atoms with Crippen LogP contribution in [-0.2, 0) is 9.59 Å². The van der Waals surface area contributed by atoms with Crippen LogP contribution in [0.4, 0.5) is 0 Å². The molecule has 1 heterocycles. The smallest absolute Gasteiger partial charge is 0.316 e. The maximum Gasteiger partial charge on any atom is 0.316 e. The average molecular weight is 270 g/mol. The third-order valence-corrected chi connectivity index (χ3v) is 3.91.